The van der Waals surface area contributed by atoms with Crippen LogP contribution in [0, 0.1) is 0 Å². The van der Waals surface area contributed by atoms with E-state index in [4.69, 9.17) is 11.6 Å². The molecule has 2 aromatic rings. The van der Waals surface area contributed by atoms with E-state index < -0.39 is 0 Å². The lowest BCUT2D eigenvalue weighted by Gasteiger charge is -2.35. The molecule has 128 valence electrons. The minimum atomic E-state index is -0.140. The molecule has 0 atom stereocenters. The van der Waals surface area contributed by atoms with Crippen LogP contribution in [0.15, 0.2) is 29.2 Å². The molecule has 1 aliphatic heterocycles. The Hall–Kier alpha value is -2.12. The highest BCUT2D eigenvalue weighted by molar-refractivity contribution is 6.30. The molecular formula is C16H20ClN5O2. The number of fused-ring (bicyclic) bond motifs is 1. The molecule has 0 bridgehead atoms. The van der Waals surface area contributed by atoms with E-state index in [1.807, 2.05) is 4.90 Å². The second-order valence-electron chi connectivity index (χ2n) is 6.10. The van der Waals surface area contributed by atoms with Crippen LogP contribution in [0.4, 0.5) is 4.79 Å². The first-order valence-electron chi connectivity index (χ1n) is 7.80. The summed E-state index contributed by atoms with van der Waals surface area (Å²) in [4.78, 5) is 34.3. The van der Waals surface area contributed by atoms with Crippen molar-refractivity contribution in [3.8, 4) is 0 Å². The van der Waals surface area contributed by atoms with Crippen LogP contribution in [0.2, 0.25) is 5.02 Å². The maximum absolute atomic E-state index is 12.2. The van der Waals surface area contributed by atoms with Gasteiger partial charge in [-0.15, -0.1) is 0 Å². The molecule has 1 aliphatic rings. The summed E-state index contributed by atoms with van der Waals surface area (Å²) < 4.78 is 1.44. The van der Waals surface area contributed by atoms with Crippen LogP contribution in [0.1, 0.15) is 5.69 Å². The zero-order chi connectivity index (χ0) is 17.3. The fourth-order valence-electron chi connectivity index (χ4n) is 2.82. The molecule has 0 saturated carbocycles. The van der Waals surface area contributed by atoms with Crippen LogP contribution in [-0.2, 0) is 6.54 Å². The largest absolute Gasteiger partial charge is 0.331 e. The second-order valence-corrected chi connectivity index (χ2v) is 6.54. The molecule has 0 aromatic carbocycles. The third-order valence-electron chi connectivity index (χ3n) is 4.09. The highest BCUT2D eigenvalue weighted by Gasteiger charge is 2.22. The number of amides is 2. The number of hydrogen-bond acceptors (Lipinski definition) is 4. The van der Waals surface area contributed by atoms with Crippen LogP contribution in [0.5, 0.6) is 0 Å². The fraction of sp³-hybridized carbons (Fsp3) is 0.438. The van der Waals surface area contributed by atoms with Crippen molar-refractivity contribution >= 4 is 23.3 Å². The number of carbonyl (C=O) groups is 1. The van der Waals surface area contributed by atoms with Crippen LogP contribution < -0.4 is 5.56 Å². The van der Waals surface area contributed by atoms with Crippen LogP contribution >= 0.6 is 11.6 Å². The van der Waals surface area contributed by atoms with Gasteiger partial charge in [0.2, 0.25) is 0 Å². The molecule has 3 heterocycles. The standard InChI is InChI=1S/C16H20ClN5O2/c1-19(2)16(24)21-7-5-20(6-8-21)11-13-9-15(23)22-10-12(17)3-4-14(22)18-13/h3-4,9-10H,5-8,11H2,1-2H3. The SMILES string of the molecule is CN(C)C(=O)N1CCN(Cc2cc(=O)n3cc(Cl)ccc3n2)CC1. The number of rotatable bonds is 2. The van der Waals surface area contributed by atoms with Crippen molar-refractivity contribution in [2.75, 3.05) is 40.3 Å². The Morgan fingerprint density at radius 3 is 2.62 bits per heavy atom. The molecule has 0 N–H and O–H groups in total. The highest BCUT2D eigenvalue weighted by atomic mass is 35.5. The first-order valence-corrected chi connectivity index (χ1v) is 8.18. The molecule has 0 radical (unpaired) electrons. The Morgan fingerprint density at radius 2 is 1.96 bits per heavy atom. The Kier molecular flexibility index (Phi) is 4.73. The van der Waals surface area contributed by atoms with E-state index in [2.05, 4.69) is 9.88 Å². The number of aromatic nitrogens is 2. The zero-order valence-corrected chi connectivity index (χ0v) is 14.5. The lowest BCUT2D eigenvalue weighted by Crippen LogP contribution is -2.51. The van der Waals surface area contributed by atoms with Crippen molar-refractivity contribution in [3.05, 3.63) is 45.5 Å². The summed E-state index contributed by atoms with van der Waals surface area (Å²) in [6, 6.07) is 5.04. The van der Waals surface area contributed by atoms with Crippen molar-refractivity contribution in [1.82, 2.24) is 24.1 Å². The van der Waals surface area contributed by atoms with Crippen molar-refractivity contribution < 1.29 is 4.79 Å². The Bertz CT molecular complexity index is 812. The van der Waals surface area contributed by atoms with Crippen molar-refractivity contribution in [1.29, 1.82) is 0 Å². The predicted molar refractivity (Wildman–Crippen MR) is 92.4 cm³/mol. The Labute approximate surface area is 145 Å². The van der Waals surface area contributed by atoms with E-state index in [9.17, 15) is 9.59 Å². The lowest BCUT2D eigenvalue weighted by atomic mass is 10.3. The van der Waals surface area contributed by atoms with Gasteiger partial charge in [0.1, 0.15) is 5.65 Å². The lowest BCUT2D eigenvalue weighted by molar-refractivity contribution is 0.119. The molecule has 0 spiro atoms. The summed E-state index contributed by atoms with van der Waals surface area (Å²) in [5.41, 5.74) is 1.18. The van der Waals surface area contributed by atoms with Crippen molar-refractivity contribution in [2.45, 2.75) is 6.54 Å². The zero-order valence-electron chi connectivity index (χ0n) is 13.8. The molecule has 0 aliphatic carbocycles. The monoisotopic (exact) mass is 349 g/mol. The molecule has 7 nitrogen and oxygen atoms in total. The minimum absolute atomic E-state index is 0.0357. The quantitative estimate of drug-likeness (QED) is 0.816. The van der Waals surface area contributed by atoms with Crippen molar-refractivity contribution in [3.63, 3.8) is 0 Å². The molecule has 2 aromatic heterocycles. The molecule has 2 amide bonds. The number of hydrogen-bond donors (Lipinski definition) is 0. The molecule has 1 fully saturated rings. The molecular weight excluding hydrogens is 330 g/mol. The van der Waals surface area contributed by atoms with E-state index in [1.54, 1.807) is 43.4 Å². The van der Waals surface area contributed by atoms with E-state index in [-0.39, 0.29) is 11.6 Å². The maximum Gasteiger partial charge on any atom is 0.319 e. The first kappa shape index (κ1) is 16.7. The molecule has 24 heavy (non-hydrogen) atoms. The fourth-order valence-corrected chi connectivity index (χ4v) is 2.98. The van der Waals surface area contributed by atoms with Gasteiger partial charge >= 0.3 is 6.03 Å². The summed E-state index contributed by atoms with van der Waals surface area (Å²) >= 11 is 5.92. The normalized spacial score (nSPS) is 15.7. The number of pyridine rings is 1. The molecule has 1 saturated heterocycles. The molecule has 3 rings (SSSR count). The van der Waals surface area contributed by atoms with Crippen molar-refractivity contribution in [2.24, 2.45) is 0 Å². The smallest absolute Gasteiger partial charge is 0.319 e. The topological polar surface area (TPSA) is 61.2 Å². The average Bonchev–Trinajstić information content (AvgIpc) is 2.55. The van der Waals surface area contributed by atoms with Gasteiger partial charge in [0.05, 0.1) is 10.7 Å². The summed E-state index contributed by atoms with van der Waals surface area (Å²) in [6.45, 7) is 3.49. The van der Waals surface area contributed by atoms with Gasteiger partial charge in [-0.1, -0.05) is 11.6 Å². The van der Waals surface area contributed by atoms with Crippen LogP contribution in [0.25, 0.3) is 5.65 Å². The van der Waals surface area contributed by atoms with Gasteiger partial charge in [-0.25, -0.2) is 9.78 Å². The van der Waals surface area contributed by atoms with E-state index in [0.717, 1.165) is 18.8 Å². The predicted octanol–water partition coefficient (Wildman–Crippen LogP) is 1.15. The summed E-state index contributed by atoms with van der Waals surface area (Å²) in [5, 5.41) is 0.501. The van der Waals surface area contributed by atoms with Crippen LogP contribution in [-0.4, -0.2) is 70.4 Å². The van der Waals surface area contributed by atoms with E-state index >= 15 is 0 Å². The van der Waals surface area contributed by atoms with Gasteiger partial charge in [0.15, 0.2) is 0 Å². The van der Waals surface area contributed by atoms with Gasteiger partial charge in [-0.3, -0.25) is 14.1 Å². The third-order valence-corrected chi connectivity index (χ3v) is 4.31. The maximum atomic E-state index is 12.2. The minimum Gasteiger partial charge on any atom is -0.331 e. The molecule has 8 heteroatoms. The Balaban J connectivity index is 1.69. The second kappa shape index (κ2) is 6.78. The van der Waals surface area contributed by atoms with Gasteiger partial charge < -0.3 is 9.80 Å². The van der Waals surface area contributed by atoms with Gasteiger partial charge in [-0.05, 0) is 12.1 Å². The number of piperazine rings is 1. The third kappa shape index (κ3) is 3.52. The van der Waals surface area contributed by atoms with Crippen LogP contribution in [0.3, 0.4) is 0 Å². The average molecular weight is 350 g/mol. The summed E-state index contributed by atoms with van der Waals surface area (Å²) in [7, 11) is 3.51. The van der Waals surface area contributed by atoms with Gasteiger partial charge in [0, 0.05) is 59.1 Å². The van der Waals surface area contributed by atoms with Gasteiger partial charge in [0.25, 0.3) is 5.56 Å². The first-order chi connectivity index (χ1) is 11.4. The van der Waals surface area contributed by atoms with Gasteiger partial charge in [-0.2, -0.15) is 0 Å². The molecule has 0 unspecified atom stereocenters. The number of nitrogens with zero attached hydrogens (tertiary/aromatic N) is 5. The summed E-state index contributed by atoms with van der Waals surface area (Å²) in [5.74, 6) is 0. The highest BCUT2D eigenvalue weighted by Crippen LogP contribution is 2.11. The number of urea groups is 1. The number of carbonyl (C=O) groups excluding carboxylic acids is 1. The number of halogens is 1. The summed E-state index contributed by atoms with van der Waals surface area (Å²) in [6.07, 6.45) is 1.57. The van der Waals surface area contributed by atoms with E-state index in [1.165, 1.54) is 4.40 Å². The Morgan fingerprint density at radius 1 is 1.25 bits per heavy atom. The van der Waals surface area contributed by atoms with E-state index in [0.29, 0.717) is 30.3 Å².